The van der Waals surface area contributed by atoms with Crippen LogP contribution in [0.2, 0.25) is 0 Å². The zero-order valence-corrected chi connectivity index (χ0v) is 16.5. The molecule has 8 heteroatoms. The highest BCUT2D eigenvalue weighted by Gasteiger charge is 2.25. The lowest BCUT2D eigenvalue weighted by Crippen LogP contribution is -2.36. The Morgan fingerprint density at radius 1 is 1.25 bits per heavy atom. The summed E-state index contributed by atoms with van der Waals surface area (Å²) in [6.07, 6.45) is 2.39. The topological polar surface area (TPSA) is 63.1 Å². The van der Waals surface area contributed by atoms with Gasteiger partial charge >= 0.3 is 0 Å². The van der Waals surface area contributed by atoms with Crippen LogP contribution in [0, 0.1) is 12.7 Å². The van der Waals surface area contributed by atoms with Crippen LogP contribution in [0.1, 0.15) is 40.2 Å². The van der Waals surface area contributed by atoms with Crippen LogP contribution in [0.3, 0.4) is 0 Å². The lowest BCUT2D eigenvalue weighted by molar-refractivity contribution is 0.0928. The standard InChI is InChI=1S/C20H22FN5OS/c1-14-23-19(24-26(14)16-8-6-15(21)7-9-16)20(27)22-13-17(18-5-4-12-28-18)25-10-2-3-11-25/h4-9,12,17H,2-3,10-11,13H2,1H3,(H,22,27)/t17-/m0/s1. The summed E-state index contributed by atoms with van der Waals surface area (Å²) in [5.41, 5.74) is 0.666. The quantitative estimate of drug-likeness (QED) is 0.691. The van der Waals surface area contributed by atoms with Gasteiger partial charge in [0.1, 0.15) is 11.6 Å². The van der Waals surface area contributed by atoms with Crippen LogP contribution in [0.15, 0.2) is 41.8 Å². The summed E-state index contributed by atoms with van der Waals surface area (Å²) in [7, 11) is 0. The van der Waals surface area contributed by atoms with E-state index in [1.54, 1.807) is 35.1 Å². The third-order valence-electron chi connectivity index (χ3n) is 4.95. The molecule has 1 amide bonds. The summed E-state index contributed by atoms with van der Waals surface area (Å²) in [5.74, 6) is 0.0741. The van der Waals surface area contributed by atoms with Crippen LogP contribution >= 0.6 is 11.3 Å². The Morgan fingerprint density at radius 2 is 2.00 bits per heavy atom. The number of aryl methyl sites for hydroxylation is 1. The van der Waals surface area contributed by atoms with Crippen molar-refractivity contribution in [2.24, 2.45) is 0 Å². The van der Waals surface area contributed by atoms with Crippen molar-refractivity contribution in [3.8, 4) is 5.69 Å². The molecule has 1 aromatic carbocycles. The number of likely N-dealkylation sites (tertiary alicyclic amines) is 1. The highest BCUT2D eigenvalue weighted by Crippen LogP contribution is 2.27. The van der Waals surface area contributed by atoms with Crippen LogP contribution in [0.4, 0.5) is 4.39 Å². The number of carbonyl (C=O) groups is 1. The Bertz CT molecular complexity index is 932. The van der Waals surface area contributed by atoms with Crippen LogP contribution in [0.5, 0.6) is 0 Å². The van der Waals surface area contributed by atoms with Crippen LogP contribution in [0.25, 0.3) is 5.69 Å². The SMILES string of the molecule is Cc1nc(C(=O)NC[C@@H](c2cccs2)N2CCCC2)nn1-c1ccc(F)cc1. The van der Waals surface area contributed by atoms with Gasteiger partial charge in [-0.1, -0.05) is 6.07 Å². The molecule has 1 atom stereocenters. The minimum Gasteiger partial charge on any atom is -0.347 e. The first-order chi connectivity index (χ1) is 13.6. The summed E-state index contributed by atoms with van der Waals surface area (Å²) in [4.78, 5) is 20.6. The number of carbonyl (C=O) groups excluding carboxylic acids is 1. The molecule has 1 N–H and O–H groups in total. The van der Waals surface area contributed by atoms with Crippen molar-refractivity contribution in [2.75, 3.05) is 19.6 Å². The van der Waals surface area contributed by atoms with Gasteiger partial charge in [0.25, 0.3) is 5.91 Å². The fourth-order valence-corrected chi connectivity index (χ4v) is 4.39. The zero-order valence-electron chi connectivity index (χ0n) is 15.6. The molecule has 0 radical (unpaired) electrons. The molecule has 2 aromatic heterocycles. The van der Waals surface area contributed by atoms with Crippen LogP contribution < -0.4 is 5.32 Å². The first kappa shape index (κ1) is 18.8. The molecule has 4 rings (SSSR count). The molecule has 1 aliphatic rings. The summed E-state index contributed by atoms with van der Waals surface area (Å²) < 4.78 is 14.7. The second-order valence-electron chi connectivity index (χ2n) is 6.86. The second kappa shape index (κ2) is 8.20. The van der Waals surface area contributed by atoms with Gasteiger partial charge in [0.15, 0.2) is 0 Å². The Labute approximate surface area is 167 Å². The molecule has 1 aliphatic heterocycles. The van der Waals surface area contributed by atoms with E-state index in [1.165, 1.54) is 29.9 Å². The number of amides is 1. The average molecular weight is 399 g/mol. The van der Waals surface area contributed by atoms with E-state index in [4.69, 9.17) is 0 Å². The maximum atomic E-state index is 13.1. The fraction of sp³-hybridized carbons (Fsp3) is 0.350. The number of rotatable bonds is 6. The number of halogens is 1. The molecular formula is C20H22FN5OS. The van der Waals surface area contributed by atoms with Crippen molar-refractivity contribution in [1.82, 2.24) is 25.0 Å². The lowest BCUT2D eigenvalue weighted by atomic mass is 10.2. The lowest BCUT2D eigenvalue weighted by Gasteiger charge is -2.26. The minimum atomic E-state index is -0.319. The van der Waals surface area contributed by atoms with E-state index < -0.39 is 0 Å². The Hall–Kier alpha value is -2.58. The summed E-state index contributed by atoms with van der Waals surface area (Å²) in [5, 5.41) is 9.37. The number of aromatic nitrogens is 3. The van der Waals surface area contributed by atoms with Gasteiger partial charge in [-0.2, -0.15) is 0 Å². The predicted molar refractivity (Wildman–Crippen MR) is 106 cm³/mol. The zero-order chi connectivity index (χ0) is 19.5. The largest absolute Gasteiger partial charge is 0.347 e. The smallest absolute Gasteiger partial charge is 0.291 e. The predicted octanol–water partition coefficient (Wildman–Crippen LogP) is 3.34. The van der Waals surface area contributed by atoms with Crippen molar-refractivity contribution < 1.29 is 9.18 Å². The van der Waals surface area contributed by atoms with Gasteiger partial charge in [0.2, 0.25) is 5.82 Å². The molecule has 1 saturated heterocycles. The Morgan fingerprint density at radius 3 is 2.68 bits per heavy atom. The van der Waals surface area contributed by atoms with Crippen molar-refractivity contribution in [2.45, 2.75) is 25.8 Å². The van der Waals surface area contributed by atoms with Gasteiger partial charge in [0, 0.05) is 11.4 Å². The third kappa shape index (κ3) is 3.98. The molecule has 28 heavy (non-hydrogen) atoms. The summed E-state index contributed by atoms with van der Waals surface area (Å²) in [6, 6.07) is 10.3. The average Bonchev–Trinajstić information content (AvgIpc) is 3.45. The maximum absolute atomic E-state index is 13.1. The molecule has 0 unspecified atom stereocenters. The Kier molecular flexibility index (Phi) is 5.50. The normalized spacial score (nSPS) is 15.6. The highest BCUT2D eigenvalue weighted by molar-refractivity contribution is 7.10. The van der Waals surface area contributed by atoms with Gasteiger partial charge in [-0.3, -0.25) is 9.69 Å². The van der Waals surface area contributed by atoms with Gasteiger partial charge < -0.3 is 5.32 Å². The van der Waals surface area contributed by atoms with Crippen molar-refractivity contribution in [3.05, 3.63) is 64.1 Å². The number of benzene rings is 1. The number of nitrogens with zero attached hydrogens (tertiary/aromatic N) is 4. The second-order valence-corrected chi connectivity index (χ2v) is 7.83. The molecular weight excluding hydrogens is 377 g/mol. The highest BCUT2D eigenvalue weighted by atomic mass is 32.1. The number of hydrogen-bond acceptors (Lipinski definition) is 5. The number of hydrogen-bond donors (Lipinski definition) is 1. The van der Waals surface area contributed by atoms with Gasteiger partial charge in [-0.25, -0.2) is 14.1 Å². The van der Waals surface area contributed by atoms with Gasteiger partial charge in [-0.15, -0.1) is 16.4 Å². The van der Waals surface area contributed by atoms with E-state index in [-0.39, 0.29) is 23.6 Å². The van der Waals surface area contributed by atoms with Gasteiger partial charge in [0.05, 0.1) is 11.7 Å². The first-order valence-electron chi connectivity index (χ1n) is 9.37. The minimum absolute atomic E-state index is 0.119. The Balaban J connectivity index is 1.47. The number of thiophene rings is 1. The van der Waals surface area contributed by atoms with Crippen molar-refractivity contribution >= 4 is 17.2 Å². The van der Waals surface area contributed by atoms with E-state index in [1.807, 2.05) is 6.07 Å². The molecule has 0 aliphatic carbocycles. The van der Waals surface area contributed by atoms with Gasteiger partial charge in [-0.05, 0) is 68.6 Å². The fourth-order valence-electron chi connectivity index (χ4n) is 3.53. The molecule has 3 aromatic rings. The summed E-state index contributed by atoms with van der Waals surface area (Å²) in [6.45, 7) is 4.39. The molecule has 0 bridgehead atoms. The van der Waals surface area contributed by atoms with E-state index in [2.05, 4.69) is 31.7 Å². The molecule has 1 fully saturated rings. The van der Waals surface area contributed by atoms with E-state index in [0.29, 0.717) is 18.1 Å². The molecule has 6 nitrogen and oxygen atoms in total. The maximum Gasteiger partial charge on any atom is 0.291 e. The van der Waals surface area contributed by atoms with E-state index >= 15 is 0 Å². The summed E-state index contributed by atoms with van der Waals surface area (Å²) >= 11 is 1.71. The van der Waals surface area contributed by atoms with Crippen LogP contribution in [-0.2, 0) is 0 Å². The molecule has 0 spiro atoms. The number of nitrogens with one attached hydrogen (secondary N) is 1. The van der Waals surface area contributed by atoms with E-state index in [0.717, 1.165) is 13.1 Å². The molecule has 146 valence electrons. The van der Waals surface area contributed by atoms with Crippen molar-refractivity contribution in [3.63, 3.8) is 0 Å². The first-order valence-corrected chi connectivity index (χ1v) is 10.2. The van der Waals surface area contributed by atoms with E-state index in [9.17, 15) is 9.18 Å². The van der Waals surface area contributed by atoms with Crippen LogP contribution in [-0.4, -0.2) is 45.2 Å². The third-order valence-corrected chi connectivity index (χ3v) is 5.93. The monoisotopic (exact) mass is 399 g/mol. The molecule has 0 saturated carbocycles. The molecule has 3 heterocycles. The van der Waals surface area contributed by atoms with Crippen molar-refractivity contribution in [1.29, 1.82) is 0 Å².